The third-order valence-corrected chi connectivity index (χ3v) is 2.69. The minimum Gasteiger partial charge on any atom is -0.494 e. The number of unbranched alkanes of at least 4 members (excludes halogenated alkanes) is 1. The van der Waals surface area contributed by atoms with Gasteiger partial charge in [-0.25, -0.2) is 0 Å². The molecule has 0 aliphatic heterocycles. The van der Waals surface area contributed by atoms with Crippen molar-refractivity contribution in [3.05, 3.63) is 35.4 Å². The van der Waals surface area contributed by atoms with Gasteiger partial charge in [-0.05, 0) is 31.0 Å². The van der Waals surface area contributed by atoms with Crippen LogP contribution in [-0.2, 0) is 0 Å². The Bertz CT molecular complexity index is 327. The maximum Gasteiger partial charge on any atom is 0.119 e. The molecule has 0 spiro atoms. The third-order valence-electron chi connectivity index (χ3n) is 2.27. The Morgan fingerprint density at radius 3 is 2.56 bits per heavy atom. The van der Waals surface area contributed by atoms with Crippen molar-refractivity contribution in [1.82, 2.24) is 0 Å². The topological polar surface area (TPSA) is 9.23 Å². The fourth-order valence-electron chi connectivity index (χ4n) is 1.32. The van der Waals surface area contributed by atoms with Crippen LogP contribution >= 0.6 is 11.6 Å². The Hall–Kier alpha value is -0.950. The van der Waals surface area contributed by atoms with Gasteiger partial charge in [0.25, 0.3) is 0 Å². The number of allylic oxidation sites excluding steroid dienone is 1. The number of rotatable bonds is 6. The van der Waals surface area contributed by atoms with Crippen LogP contribution < -0.4 is 4.74 Å². The Morgan fingerprint density at radius 1 is 1.31 bits per heavy atom. The summed E-state index contributed by atoms with van der Waals surface area (Å²) in [7, 11) is 0. The summed E-state index contributed by atoms with van der Waals surface area (Å²) < 4.78 is 5.59. The molecule has 0 saturated heterocycles. The minimum atomic E-state index is 0.578. The molecule has 0 aromatic heterocycles. The SMILES string of the molecule is CCCCOc1ccc(C=C(C)CCl)cc1. The van der Waals surface area contributed by atoms with Crippen LogP contribution in [0, 0.1) is 0 Å². The second kappa shape index (κ2) is 7.34. The summed E-state index contributed by atoms with van der Waals surface area (Å²) >= 11 is 5.72. The van der Waals surface area contributed by atoms with Crippen LogP contribution in [0.3, 0.4) is 0 Å². The van der Waals surface area contributed by atoms with Gasteiger partial charge in [-0.1, -0.05) is 37.1 Å². The zero-order chi connectivity index (χ0) is 11.8. The number of halogens is 1. The Morgan fingerprint density at radius 2 is 2.00 bits per heavy atom. The first-order valence-electron chi connectivity index (χ1n) is 5.72. The van der Waals surface area contributed by atoms with E-state index in [0.717, 1.165) is 25.2 Å². The molecule has 2 heteroatoms. The van der Waals surface area contributed by atoms with Gasteiger partial charge in [0.2, 0.25) is 0 Å². The van der Waals surface area contributed by atoms with Crippen LogP contribution in [0.1, 0.15) is 32.3 Å². The summed E-state index contributed by atoms with van der Waals surface area (Å²) in [6, 6.07) is 8.11. The van der Waals surface area contributed by atoms with Crippen molar-refractivity contribution in [2.24, 2.45) is 0 Å². The zero-order valence-electron chi connectivity index (χ0n) is 10.0. The molecule has 1 nitrogen and oxygen atoms in total. The zero-order valence-corrected chi connectivity index (χ0v) is 10.8. The quantitative estimate of drug-likeness (QED) is 0.524. The van der Waals surface area contributed by atoms with Gasteiger partial charge in [-0.2, -0.15) is 0 Å². The number of hydrogen-bond acceptors (Lipinski definition) is 1. The van der Waals surface area contributed by atoms with E-state index >= 15 is 0 Å². The van der Waals surface area contributed by atoms with Crippen molar-refractivity contribution >= 4 is 17.7 Å². The molecule has 1 aromatic carbocycles. The molecule has 0 aliphatic carbocycles. The van der Waals surface area contributed by atoms with E-state index in [4.69, 9.17) is 16.3 Å². The van der Waals surface area contributed by atoms with E-state index in [0.29, 0.717) is 5.88 Å². The van der Waals surface area contributed by atoms with Crippen molar-refractivity contribution in [3.8, 4) is 5.75 Å². The van der Waals surface area contributed by atoms with Gasteiger partial charge in [-0.15, -0.1) is 11.6 Å². The van der Waals surface area contributed by atoms with Crippen LogP contribution in [0.25, 0.3) is 6.08 Å². The molecule has 0 fully saturated rings. The number of hydrogen-bond donors (Lipinski definition) is 0. The predicted molar refractivity (Wildman–Crippen MR) is 71.2 cm³/mol. The maximum atomic E-state index is 5.72. The largest absolute Gasteiger partial charge is 0.494 e. The fourth-order valence-corrected chi connectivity index (χ4v) is 1.39. The summed E-state index contributed by atoms with van der Waals surface area (Å²) in [6.45, 7) is 4.98. The molecule has 0 saturated carbocycles. The summed E-state index contributed by atoms with van der Waals surface area (Å²) in [4.78, 5) is 0. The molecule has 1 rings (SSSR count). The van der Waals surface area contributed by atoms with Crippen molar-refractivity contribution in [2.75, 3.05) is 12.5 Å². The van der Waals surface area contributed by atoms with Gasteiger partial charge in [0, 0.05) is 5.88 Å². The molecule has 0 unspecified atom stereocenters. The molecule has 1 aromatic rings. The van der Waals surface area contributed by atoms with Gasteiger partial charge in [0.15, 0.2) is 0 Å². The molecular formula is C14H19ClO. The first kappa shape index (κ1) is 13.1. The lowest BCUT2D eigenvalue weighted by molar-refractivity contribution is 0.309. The summed E-state index contributed by atoms with van der Waals surface area (Å²) in [6.07, 6.45) is 4.35. The molecule has 0 aliphatic rings. The van der Waals surface area contributed by atoms with Gasteiger partial charge < -0.3 is 4.74 Å². The average Bonchev–Trinajstić information content (AvgIpc) is 2.31. The molecule has 0 N–H and O–H groups in total. The fraction of sp³-hybridized carbons (Fsp3) is 0.429. The molecular weight excluding hydrogens is 220 g/mol. The van der Waals surface area contributed by atoms with Crippen LogP contribution in [-0.4, -0.2) is 12.5 Å². The van der Waals surface area contributed by atoms with E-state index in [1.165, 1.54) is 11.1 Å². The van der Waals surface area contributed by atoms with Crippen molar-refractivity contribution in [1.29, 1.82) is 0 Å². The molecule has 0 atom stereocenters. The van der Waals surface area contributed by atoms with Crippen molar-refractivity contribution in [2.45, 2.75) is 26.7 Å². The van der Waals surface area contributed by atoms with Crippen LogP contribution in [0.15, 0.2) is 29.8 Å². The van der Waals surface area contributed by atoms with Crippen molar-refractivity contribution < 1.29 is 4.74 Å². The number of ether oxygens (including phenoxy) is 1. The maximum absolute atomic E-state index is 5.72. The standard InChI is InChI=1S/C14H19ClO/c1-3-4-9-16-14-7-5-13(6-8-14)10-12(2)11-15/h5-8,10H,3-4,9,11H2,1-2H3. The average molecular weight is 239 g/mol. The van der Waals surface area contributed by atoms with Gasteiger partial charge in [0.1, 0.15) is 5.75 Å². The van der Waals surface area contributed by atoms with Gasteiger partial charge >= 0.3 is 0 Å². The van der Waals surface area contributed by atoms with Crippen LogP contribution in [0.5, 0.6) is 5.75 Å². The van der Waals surface area contributed by atoms with E-state index in [1.807, 2.05) is 19.1 Å². The van der Waals surface area contributed by atoms with Gasteiger partial charge in [-0.3, -0.25) is 0 Å². The Balaban J connectivity index is 2.54. The number of alkyl halides is 1. The first-order chi connectivity index (χ1) is 7.76. The lowest BCUT2D eigenvalue weighted by atomic mass is 10.1. The van der Waals surface area contributed by atoms with E-state index in [1.54, 1.807) is 0 Å². The first-order valence-corrected chi connectivity index (χ1v) is 6.25. The van der Waals surface area contributed by atoms with E-state index in [-0.39, 0.29) is 0 Å². The highest BCUT2D eigenvalue weighted by Crippen LogP contribution is 2.15. The van der Waals surface area contributed by atoms with Gasteiger partial charge in [0.05, 0.1) is 6.61 Å². The van der Waals surface area contributed by atoms with Crippen molar-refractivity contribution in [3.63, 3.8) is 0 Å². The molecule has 0 amide bonds. The summed E-state index contributed by atoms with van der Waals surface area (Å²) in [5, 5.41) is 0. The second-order valence-corrected chi connectivity index (χ2v) is 4.16. The Kier molecular flexibility index (Phi) is 6.02. The van der Waals surface area contributed by atoms with Crippen LogP contribution in [0.4, 0.5) is 0 Å². The Labute approximate surface area is 103 Å². The molecule has 88 valence electrons. The molecule has 0 heterocycles. The second-order valence-electron chi connectivity index (χ2n) is 3.90. The minimum absolute atomic E-state index is 0.578. The molecule has 0 radical (unpaired) electrons. The molecule has 0 bridgehead atoms. The van der Waals surface area contributed by atoms with E-state index in [9.17, 15) is 0 Å². The normalized spacial score (nSPS) is 11.6. The van der Waals surface area contributed by atoms with E-state index < -0.39 is 0 Å². The lowest BCUT2D eigenvalue weighted by Gasteiger charge is -2.05. The monoisotopic (exact) mass is 238 g/mol. The highest BCUT2D eigenvalue weighted by atomic mass is 35.5. The lowest BCUT2D eigenvalue weighted by Crippen LogP contribution is -1.95. The highest BCUT2D eigenvalue weighted by molar-refractivity contribution is 6.19. The summed E-state index contributed by atoms with van der Waals surface area (Å²) in [5.74, 6) is 1.52. The summed E-state index contributed by atoms with van der Waals surface area (Å²) in [5.41, 5.74) is 2.34. The predicted octanol–water partition coefficient (Wildman–Crippen LogP) is 4.51. The smallest absolute Gasteiger partial charge is 0.119 e. The number of benzene rings is 1. The van der Waals surface area contributed by atoms with Crippen LogP contribution in [0.2, 0.25) is 0 Å². The van der Waals surface area contributed by atoms with E-state index in [2.05, 4.69) is 25.1 Å². The third kappa shape index (κ3) is 4.71. The molecule has 16 heavy (non-hydrogen) atoms. The highest BCUT2D eigenvalue weighted by Gasteiger charge is 1.94.